The predicted octanol–water partition coefficient (Wildman–Crippen LogP) is 8.49. The Kier molecular flexibility index (Phi) is 7.33. The van der Waals surface area contributed by atoms with Crippen LogP contribution in [0.25, 0.3) is 32.3 Å². The largest absolute Gasteiger partial charge is 0.506 e. The number of fused-ring (bicyclic) bond motifs is 3. The normalized spacial score (nSPS) is 13.8. The number of phenolic OH excluding ortho intramolecular Hbond substituents is 2. The highest BCUT2D eigenvalue weighted by Crippen LogP contribution is 2.46. The van der Waals surface area contributed by atoms with Gasteiger partial charge in [0.2, 0.25) is 0 Å². The van der Waals surface area contributed by atoms with Crippen molar-refractivity contribution in [3.05, 3.63) is 96.6 Å². The predicted molar refractivity (Wildman–Crippen MR) is 174 cm³/mol. The number of hydrogen-bond donors (Lipinski definition) is 4. The number of azo groups is 2. The Hall–Kier alpha value is -5.21. The zero-order valence-corrected chi connectivity index (χ0v) is 25.1. The highest BCUT2D eigenvalue weighted by atomic mass is 32.2. The Morgan fingerprint density at radius 2 is 1.29 bits per heavy atom. The van der Waals surface area contributed by atoms with Gasteiger partial charge < -0.3 is 14.8 Å². The molecular formula is C32H24N4O7S2. The standard InChI is InChI=1S/C32H24N4O7S2/c1-18-15-20-16-21(44(2,39)40)17-26(34-36-31-22-8-4-3-7-19(22)11-13-27(31)37)29(20)32(38)30(18)35-33-25-12-14-28(45(41,42)43)24-10-6-5-9-23(24)25/h3-17,37-38H,2H2,1H3,(H,39,40)(H,41,42,43). The summed E-state index contributed by atoms with van der Waals surface area (Å²) in [5.74, 6) is 2.88. The van der Waals surface area contributed by atoms with E-state index in [2.05, 4.69) is 26.3 Å². The molecule has 11 nitrogen and oxygen atoms in total. The van der Waals surface area contributed by atoms with Crippen LogP contribution in [-0.4, -0.2) is 37.8 Å². The fourth-order valence-corrected chi connectivity index (χ4v) is 6.42. The summed E-state index contributed by atoms with van der Waals surface area (Å²) in [7, 11) is -8.20. The van der Waals surface area contributed by atoms with E-state index in [1.54, 1.807) is 49.4 Å². The van der Waals surface area contributed by atoms with Crippen LogP contribution in [0.4, 0.5) is 22.7 Å². The molecule has 0 radical (unpaired) electrons. The Morgan fingerprint density at radius 1 is 0.644 bits per heavy atom. The van der Waals surface area contributed by atoms with Gasteiger partial charge in [0.05, 0.1) is 21.7 Å². The molecule has 1 unspecified atom stereocenters. The molecule has 0 saturated carbocycles. The summed E-state index contributed by atoms with van der Waals surface area (Å²) in [6.45, 7) is 1.66. The Labute approximate surface area is 257 Å². The Bertz CT molecular complexity index is 2480. The summed E-state index contributed by atoms with van der Waals surface area (Å²) >= 11 is 0. The molecule has 0 fully saturated rings. The Morgan fingerprint density at radius 3 is 2.00 bits per heavy atom. The molecule has 6 aromatic carbocycles. The monoisotopic (exact) mass is 640 g/mol. The highest BCUT2D eigenvalue weighted by molar-refractivity contribution is 7.95. The van der Waals surface area contributed by atoms with Crippen LogP contribution in [0.2, 0.25) is 0 Å². The lowest BCUT2D eigenvalue weighted by Gasteiger charge is -2.12. The van der Waals surface area contributed by atoms with Crippen molar-refractivity contribution in [3.63, 3.8) is 0 Å². The van der Waals surface area contributed by atoms with Crippen LogP contribution >= 0.6 is 0 Å². The van der Waals surface area contributed by atoms with Gasteiger partial charge >= 0.3 is 0 Å². The third-order valence-electron chi connectivity index (χ3n) is 7.23. The second-order valence-electron chi connectivity index (χ2n) is 10.2. The third-order valence-corrected chi connectivity index (χ3v) is 9.11. The van der Waals surface area contributed by atoms with E-state index < -0.39 is 19.9 Å². The number of hydrogen-bond acceptors (Lipinski definition) is 9. The van der Waals surface area contributed by atoms with E-state index in [1.165, 1.54) is 36.4 Å². The molecule has 0 spiro atoms. The van der Waals surface area contributed by atoms with Crippen LogP contribution < -0.4 is 0 Å². The maximum absolute atomic E-state index is 12.6. The molecule has 0 aliphatic heterocycles. The molecule has 0 saturated heterocycles. The van der Waals surface area contributed by atoms with Gasteiger partial charge in [-0.1, -0.05) is 54.6 Å². The van der Waals surface area contributed by atoms with Gasteiger partial charge in [-0.25, -0.2) is 4.21 Å². The van der Waals surface area contributed by atoms with E-state index in [4.69, 9.17) is 0 Å². The van der Waals surface area contributed by atoms with Crippen molar-refractivity contribution in [2.24, 2.45) is 20.5 Å². The first-order valence-electron chi connectivity index (χ1n) is 13.3. The van der Waals surface area contributed by atoms with Crippen molar-refractivity contribution >= 4 is 80.9 Å². The first-order valence-corrected chi connectivity index (χ1v) is 16.4. The Balaban J connectivity index is 1.54. The molecule has 0 heterocycles. The minimum atomic E-state index is -4.50. The average molecular weight is 641 g/mol. The van der Waals surface area contributed by atoms with Gasteiger partial charge in [0.25, 0.3) is 10.1 Å². The number of benzene rings is 6. The molecule has 6 rings (SSSR count). The second-order valence-corrected chi connectivity index (χ2v) is 13.4. The average Bonchev–Trinajstić information content (AvgIpc) is 2.99. The number of aryl methyl sites for hydroxylation is 1. The molecule has 13 heteroatoms. The number of rotatable bonds is 6. The minimum absolute atomic E-state index is 0.0113. The summed E-state index contributed by atoms with van der Waals surface area (Å²) in [5.41, 5.74) is 0.968. The van der Waals surface area contributed by atoms with Crippen molar-refractivity contribution in [3.8, 4) is 11.5 Å². The van der Waals surface area contributed by atoms with Gasteiger partial charge in [-0.2, -0.15) is 8.42 Å². The molecule has 0 aliphatic carbocycles. The van der Waals surface area contributed by atoms with E-state index in [0.717, 1.165) is 5.39 Å². The molecule has 1 atom stereocenters. The summed E-state index contributed by atoms with van der Waals surface area (Å²) < 4.78 is 56.3. The van der Waals surface area contributed by atoms with Gasteiger partial charge in [-0.15, -0.1) is 20.5 Å². The first kappa shape index (κ1) is 29.8. The quantitative estimate of drug-likeness (QED) is 0.0799. The van der Waals surface area contributed by atoms with E-state index >= 15 is 0 Å². The van der Waals surface area contributed by atoms with Crippen LogP contribution in [0.5, 0.6) is 11.5 Å². The van der Waals surface area contributed by atoms with Crippen molar-refractivity contribution in [1.29, 1.82) is 0 Å². The number of nitrogens with zero attached hydrogens (tertiary/aromatic N) is 4. The molecule has 45 heavy (non-hydrogen) atoms. The molecule has 226 valence electrons. The van der Waals surface area contributed by atoms with Gasteiger partial charge in [-0.3, -0.25) is 4.55 Å². The first-order chi connectivity index (χ1) is 21.3. The lowest BCUT2D eigenvalue weighted by molar-refractivity contribution is 0.477. The van der Waals surface area contributed by atoms with Gasteiger partial charge in [0, 0.05) is 16.2 Å². The van der Waals surface area contributed by atoms with E-state index in [-0.39, 0.29) is 54.8 Å². The molecule has 0 aromatic heterocycles. The van der Waals surface area contributed by atoms with Crippen LogP contribution in [0.1, 0.15) is 5.56 Å². The van der Waals surface area contributed by atoms with Crippen molar-refractivity contribution in [2.75, 3.05) is 0 Å². The van der Waals surface area contributed by atoms with Crippen LogP contribution in [0, 0.1) is 6.92 Å². The molecule has 4 N–H and O–H groups in total. The maximum atomic E-state index is 12.6. The molecule has 0 bridgehead atoms. The lowest BCUT2D eigenvalue weighted by Crippen LogP contribution is -1.98. The van der Waals surface area contributed by atoms with Crippen LogP contribution in [0.15, 0.2) is 121 Å². The highest BCUT2D eigenvalue weighted by Gasteiger charge is 2.19. The van der Waals surface area contributed by atoms with Crippen LogP contribution in [0.3, 0.4) is 0 Å². The molecule has 6 aromatic rings. The smallest absolute Gasteiger partial charge is 0.295 e. The third kappa shape index (κ3) is 5.60. The summed E-state index contributed by atoms with van der Waals surface area (Å²) in [6.07, 6.45) is 0. The summed E-state index contributed by atoms with van der Waals surface area (Å²) in [5, 5.41) is 41.8. The lowest BCUT2D eigenvalue weighted by atomic mass is 10.0. The van der Waals surface area contributed by atoms with Gasteiger partial charge in [0.1, 0.15) is 31.8 Å². The SMILES string of the molecule is C=S(=O)(O)c1cc(N=Nc2c(O)ccc3ccccc23)c2c(O)c(N=Nc3ccc(S(=O)(=O)O)c4ccccc34)c(C)cc2c1. The van der Waals surface area contributed by atoms with Crippen LogP contribution in [-0.2, 0) is 19.9 Å². The maximum Gasteiger partial charge on any atom is 0.295 e. The second kappa shape index (κ2) is 11.1. The van der Waals surface area contributed by atoms with E-state index in [1.807, 2.05) is 12.1 Å². The topological polar surface area (TPSA) is 182 Å². The number of phenols is 2. The summed E-state index contributed by atoms with van der Waals surface area (Å²) in [4.78, 5) is -0.333. The van der Waals surface area contributed by atoms with Crippen molar-refractivity contribution in [1.82, 2.24) is 0 Å². The molecule has 0 amide bonds. The molecule has 0 aliphatic rings. The number of aromatic hydroxyl groups is 2. The minimum Gasteiger partial charge on any atom is -0.506 e. The summed E-state index contributed by atoms with van der Waals surface area (Å²) in [6, 6.07) is 23.8. The fraction of sp³-hybridized carbons (Fsp3) is 0.0312. The van der Waals surface area contributed by atoms with Gasteiger partial charge in [0.15, 0.2) is 5.75 Å². The zero-order chi connectivity index (χ0) is 32.1. The van der Waals surface area contributed by atoms with Crippen molar-refractivity contribution < 1.29 is 31.9 Å². The van der Waals surface area contributed by atoms with E-state index in [9.17, 15) is 31.9 Å². The molecular weight excluding hydrogens is 617 g/mol. The van der Waals surface area contributed by atoms with E-state index in [0.29, 0.717) is 21.7 Å². The fourth-order valence-electron chi connectivity index (χ4n) is 5.11. The van der Waals surface area contributed by atoms with Gasteiger partial charge in [-0.05, 0) is 65.5 Å². The zero-order valence-electron chi connectivity index (χ0n) is 23.5. The van der Waals surface area contributed by atoms with Crippen molar-refractivity contribution in [2.45, 2.75) is 16.7 Å².